The summed E-state index contributed by atoms with van der Waals surface area (Å²) in [5.74, 6) is 0.934. The fourth-order valence-electron chi connectivity index (χ4n) is 2.28. The van der Waals surface area contributed by atoms with Gasteiger partial charge in [-0.25, -0.2) is 0 Å². The standard InChI is InChI=1S/C17H30N2O/c1-5-11-19(12-6-2)13-10-18-16-8-7-9-17(14-16)20-15(3)4/h7-9,14-15,18H,5-6,10-13H2,1-4H3. The Kier molecular flexibility index (Phi) is 8.12. The smallest absolute Gasteiger partial charge is 0.121 e. The minimum absolute atomic E-state index is 0.217. The minimum atomic E-state index is 0.217. The van der Waals surface area contributed by atoms with E-state index in [0.29, 0.717) is 0 Å². The number of rotatable bonds is 10. The summed E-state index contributed by atoms with van der Waals surface area (Å²) in [6.45, 7) is 13.0. The summed E-state index contributed by atoms with van der Waals surface area (Å²) in [6, 6.07) is 8.21. The Balaban J connectivity index is 2.40. The van der Waals surface area contributed by atoms with Gasteiger partial charge in [-0.15, -0.1) is 0 Å². The second-order valence-electron chi connectivity index (χ2n) is 5.46. The van der Waals surface area contributed by atoms with Gasteiger partial charge in [-0.1, -0.05) is 19.9 Å². The lowest BCUT2D eigenvalue weighted by Gasteiger charge is -2.21. The molecule has 3 nitrogen and oxygen atoms in total. The molecular weight excluding hydrogens is 248 g/mol. The van der Waals surface area contributed by atoms with Crippen molar-refractivity contribution in [3.63, 3.8) is 0 Å². The molecule has 0 spiro atoms. The van der Waals surface area contributed by atoms with Crippen molar-refractivity contribution in [1.29, 1.82) is 0 Å². The van der Waals surface area contributed by atoms with Crippen molar-refractivity contribution in [2.45, 2.75) is 46.6 Å². The van der Waals surface area contributed by atoms with Gasteiger partial charge >= 0.3 is 0 Å². The molecule has 0 saturated carbocycles. The number of nitrogens with one attached hydrogen (secondary N) is 1. The molecule has 114 valence electrons. The van der Waals surface area contributed by atoms with Crippen molar-refractivity contribution in [3.8, 4) is 5.75 Å². The number of anilines is 1. The van der Waals surface area contributed by atoms with Crippen LogP contribution < -0.4 is 10.1 Å². The van der Waals surface area contributed by atoms with Crippen LogP contribution in [0.4, 0.5) is 5.69 Å². The van der Waals surface area contributed by atoms with E-state index in [1.54, 1.807) is 0 Å². The van der Waals surface area contributed by atoms with Crippen LogP contribution in [0.15, 0.2) is 24.3 Å². The Morgan fingerprint density at radius 2 is 1.80 bits per heavy atom. The van der Waals surface area contributed by atoms with Crippen molar-refractivity contribution in [3.05, 3.63) is 24.3 Å². The van der Waals surface area contributed by atoms with Gasteiger partial charge in [0.25, 0.3) is 0 Å². The van der Waals surface area contributed by atoms with Gasteiger partial charge in [-0.05, 0) is 51.9 Å². The van der Waals surface area contributed by atoms with Gasteiger partial charge < -0.3 is 15.0 Å². The highest BCUT2D eigenvalue weighted by atomic mass is 16.5. The van der Waals surface area contributed by atoms with E-state index in [1.165, 1.54) is 25.9 Å². The highest BCUT2D eigenvalue weighted by molar-refractivity contribution is 5.48. The van der Waals surface area contributed by atoms with E-state index in [2.05, 4.69) is 36.2 Å². The Hall–Kier alpha value is -1.22. The molecule has 1 aromatic rings. The van der Waals surface area contributed by atoms with Gasteiger partial charge in [0, 0.05) is 24.8 Å². The molecule has 0 aliphatic carbocycles. The summed E-state index contributed by atoms with van der Waals surface area (Å²) in [4.78, 5) is 2.52. The van der Waals surface area contributed by atoms with Crippen LogP contribution in [0.25, 0.3) is 0 Å². The summed E-state index contributed by atoms with van der Waals surface area (Å²) in [5, 5.41) is 3.48. The molecule has 0 radical (unpaired) electrons. The maximum absolute atomic E-state index is 5.71. The molecule has 0 atom stereocenters. The summed E-state index contributed by atoms with van der Waals surface area (Å²) in [7, 11) is 0. The minimum Gasteiger partial charge on any atom is -0.491 e. The molecule has 0 aliphatic heterocycles. The normalized spacial score (nSPS) is 11.1. The van der Waals surface area contributed by atoms with Crippen molar-refractivity contribution in [1.82, 2.24) is 4.90 Å². The second-order valence-corrected chi connectivity index (χ2v) is 5.46. The van der Waals surface area contributed by atoms with E-state index in [9.17, 15) is 0 Å². The van der Waals surface area contributed by atoms with Crippen LogP contribution in [0.1, 0.15) is 40.5 Å². The topological polar surface area (TPSA) is 24.5 Å². The maximum atomic E-state index is 5.71. The summed E-state index contributed by atoms with van der Waals surface area (Å²) in [6.07, 6.45) is 2.66. The van der Waals surface area contributed by atoms with Crippen LogP contribution >= 0.6 is 0 Å². The first-order valence-corrected chi connectivity index (χ1v) is 7.88. The van der Waals surface area contributed by atoms with Gasteiger partial charge in [0.2, 0.25) is 0 Å². The molecule has 1 rings (SSSR count). The van der Waals surface area contributed by atoms with Crippen LogP contribution in [0.5, 0.6) is 5.75 Å². The third-order valence-electron chi connectivity index (χ3n) is 3.04. The lowest BCUT2D eigenvalue weighted by molar-refractivity contribution is 0.242. The van der Waals surface area contributed by atoms with Crippen LogP contribution in [0, 0.1) is 0 Å². The van der Waals surface area contributed by atoms with Crippen molar-refractivity contribution < 1.29 is 4.74 Å². The Morgan fingerprint density at radius 1 is 1.10 bits per heavy atom. The van der Waals surface area contributed by atoms with Crippen LogP contribution in [0.2, 0.25) is 0 Å². The summed E-state index contributed by atoms with van der Waals surface area (Å²) in [5.41, 5.74) is 1.14. The first-order valence-electron chi connectivity index (χ1n) is 7.88. The Morgan fingerprint density at radius 3 is 2.40 bits per heavy atom. The average molecular weight is 278 g/mol. The van der Waals surface area contributed by atoms with Crippen molar-refractivity contribution in [2.75, 3.05) is 31.5 Å². The zero-order valence-corrected chi connectivity index (χ0v) is 13.5. The van der Waals surface area contributed by atoms with E-state index in [0.717, 1.165) is 24.5 Å². The number of benzene rings is 1. The Bertz CT molecular complexity index is 360. The lowest BCUT2D eigenvalue weighted by Crippen LogP contribution is -2.30. The molecule has 0 fully saturated rings. The molecule has 1 aromatic carbocycles. The zero-order valence-electron chi connectivity index (χ0n) is 13.5. The van der Waals surface area contributed by atoms with Gasteiger partial charge in [-0.2, -0.15) is 0 Å². The lowest BCUT2D eigenvalue weighted by atomic mass is 10.3. The average Bonchev–Trinajstić information content (AvgIpc) is 2.39. The monoisotopic (exact) mass is 278 g/mol. The highest BCUT2D eigenvalue weighted by Crippen LogP contribution is 2.18. The van der Waals surface area contributed by atoms with E-state index in [1.807, 2.05) is 26.0 Å². The number of nitrogens with zero attached hydrogens (tertiary/aromatic N) is 1. The third-order valence-corrected chi connectivity index (χ3v) is 3.04. The summed E-state index contributed by atoms with van der Waals surface area (Å²) >= 11 is 0. The second kappa shape index (κ2) is 9.65. The largest absolute Gasteiger partial charge is 0.491 e. The fourth-order valence-corrected chi connectivity index (χ4v) is 2.28. The summed E-state index contributed by atoms with van der Waals surface area (Å²) < 4.78 is 5.71. The number of ether oxygens (including phenoxy) is 1. The van der Waals surface area contributed by atoms with Gasteiger partial charge in [0.15, 0.2) is 0 Å². The first-order chi connectivity index (χ1) is 9.65. The first kappa shape index (κ1) is 16.8. The van der Waals surface area contributed by atoms with Crippen LogP contribution in [-0.2, 0) is 0 Å². The van der Waals surface area contributed by atoms with Crippen molar-refractivity contribution >= 4 is 5.69 Å². The number of hydrogen-bond acceptors (Lipinski definition) is 3. The van der Waals surface area contributed by atoms with Crippen LogP contribution in [-0.4, -0.2) is 37.2 Å². The SMILES string of the molecule is CCCN(CCC)CCNc1cccc(OC(C)C)c1. The van der Waals surface area contributed by atoms with Crippen LogP contribution in [0.3, 0.4) is 0 Å². The predicted molar refractivity (Wildman–Crippen MR) is 87.7 cm³/mol. The quantitative estimate of drug-likeness (QED) is 0.700. The van der Waals surface area contributed by atoms with Crippen molar-refractivity contribution in [2.24, 2.45) is 0 Å². The molecule has 0 saturated heterocycles. The molecule has 0 heterocycles. The molecule has 0 amide bonds. The Labute approximate surface area is 124 Å². The molecule has 0 unspecified atom stereocenters. The van der Waals surface area contributed by atoms with E-state index < -0.39 is 0 Å². The van der Waals surface area contributed by atoms with Gasteiger partial charge in [0.05, 0.1) is 6.10 Å². The number of hydrogen-bond donors (Lipinski definition) is 1. The fraction of sp³-hybridized carbons (Fsp3) is 0.647. The van der Waals surface area contributed by atoms with Gasteiger partial charge in [0.1, 0.15) is 5.75 Å². The molecule has 1 N–H and O–H groups in total. The molecular formula is C17H30N2O. The van der Waals surface area contributed by atoms with Gasteiger partial charge in [-0.3, -0.25) is 0 Å². The molecule has 20 heavy (non-hydrogen) atoms. The van der Waals surface area contributed by atoms with E-state index in [4.69, 9.17) is 4.74 Å². The molecule has 0 aromatic heterocycles. The molecule has 3 heteroatoms. The highest BCUT2D eigenvalue weighted by Gasteiger charge is 2.03. The third kappa shape index (κ3) is 6.80. The van der Waals surface area contributed by atoms with E-state index >= 15 is 0 Å². The zero-order chi connectivity index (χ0) is 14.8. The molecule has 0 aliphatic rings. The predicted octanol–water partition coefficient (Wildman–Crippen LogP) is 4.01. The maximum Gasteiger partial charge on any atom is 0.121 e. The molecule has 0 bridgehead atoms. The van der Waals surface area contributed by atoms with E-state index in [-0.39, 0.29) is 6.10 Å².